The molecule has 5 rings (SSSR count). The fourth-order valence-corrected chi connectivity index (χ4v) is 5.76. The number of ketones is 1. The molecule has 0 saturated heterocycles. The van der Waals surface area contributed by atoms with Crippen molar-refractivity contribution in [2.24, 2.45) is 0 Å². The van der Waals surface area contributed by atoms with Crippen molar-refractivity contribution in [2.45, 2.75) is 46.5 Å². The molecule has 4 heteroatoms. The Morgan fingerprint density at radius 3 is 2.66 bits per heavy atom. The lowest BCUT2D eigenvalue weighted by Gasteiger charge is -2.19. The number of aryl methyl sites for hydroxylation is 1. The van der Waals surface area contributed by atoms with E-state index in [-0.39, 0.29) is 5.78 Å². The molecule has 0 N–H and O–H groups in total. The molecule has 3 nitrogen and oxygen atoms in total. The van der Waals surface area contributed by atoms with Crippen molar-refractivity contribution in [3.05, 3.63) is 68.5 Å². The van der Waals surface area contributed by atoms with Gasteiger partial charge >= 0.3 is 0 Å². The maximum atomic E-state index is 12.5. The van der Waals surface area contributed by atoms with E-state index in [9.17, 15) is 4.79 Å². The number of Topliss-reactive ketones (excluding diaryl/α,β-unsaturated/α-hetero) is 1. The summed E-state index contributed by atoms with van der Waals surface area (Å²) >= 11 is 1.69. The fourth-order valence-electron chi connectivity index (χ4n) is 5.13. The van der Waals surface area contributed by atoms with Crippen molar-refractivity contribution in [1.29, 1.82) is 0 Å². The van der Waals surface area contributed by atoms with Gasteiger partial charge in [-0.1, -0.05) is 49.8 Å². The van der Waals surface area contributed by atoms with E-state index in [1.165, 1.54) is 33.4 Å². The first-order chi connectivity index (χ1) is 15.6. The van der Waals surface area contributed by atoms with E-state index < -0.39 is 0 Å². The van der Waals surface area contributed by atoms with Gasteiger partial charge in [-0.25, -0.2) is 4.98 Å². The summed E-state index contributed by atoms with van der Waals surface area (Å²) in [5, 5.41) is 3.23. The van der Waals surface area contributed by atoms with E-state index in [0.717, 1.165) is 60.7 Å². The molecule has 0 atom stereocenters. The molecule has 1 heterocycles. The van der Waals surface area contributed by atoms with Crippen molar-refractivity contribution in [3.63, 3.8) is 0 Å². The van der Waals surface area contributed by atoms with E-state index in [1.54, 1.807) is 11.3 Å². The predicted octanol–water partition coefficient (Wildman–Crippen LogP) is 6.59. The van der Waals surface area contributed by atoms with E-state index in [4.69, 9.17) is 4.98 Å². The Bertz CT molecular complexity index is 1220. The largest absolute Gasteiger partial charge is 0.304 e. The van der Waals surface area contributed by atoms with Crippen molar-refractivity contribution in [2.75, 3.05) is 19.6 Å². The molecule has 3 aromatic rings. The van der Waals surface area contributed by atoms with Crippen LogP contribution in [0.3, 0.4) is 0 Å². The van der Waals surface area contributed by atoms with Crippen LogP contribution in [0.4, 0.5) is 0 Å². The molecule has 164 valence electrons. The van der Waals surface area contributed by atoms with Crippen LogP contribution in [-0.2, 0) is 12.8 Å². The van der Waals surface area contributed by atoms with E-state index in [1.807, 2.05) is 0 Å². The van der Waals surface area contributed by atoms with Crippen LogP contribution in [0.2, 0.25) is 0 Å². The number of thiazole rings is 1. The van der Waals surface area contributed by atoms with Gasteiger partial charge in [0, 0.05) is 29.5 Å². The summed E-state index contributed by atoms with van der Waals surface area (Å²) in [6, 6.07) is 11.0. The third-order valence-electron chi connectivity index (χ3n) is 6.96. The topological polar surface area (TPSA) is 33.2 Å². The molecule has 2 aliphatic carbocycles. The molecule has 0 unspecified atom stereocenters. The van der Waals surface area contributed by atoms with Crippen LogP contribution < -0.4 is 0 Å². The Kier molecular flexibility index (Phi) is 5.83. The molecular formula is C28H30N2OS. The lowest BCUT2D eigenvalue weighted by Crippen LogP contribution is -2.24. The first-order valence-corrected chi connectivity index (χ1v) is 12.6. The molecule has 2 aromatic carbocycles. The lowest BCUT2D eigenvalue weighted by molar-refractivity contribution is 0.0994. The number of aromatic nitrogens is 1. The minimum absolute atomic E-state index is 0.283. The predicted molar refractivity (Wildman–Crippen MR) is 134 cm³/mol. The zero-order valence-electron chi connectivity index (χ0n) is 19.2. The third kappa shape index (κ3) is 3.87. The summed E-state index contributed by atoms with van der Waals surface area (Å²) in [4.78, 5) is 19.7. The highest BCUT2D eigenvalue weighted by Crippen LogP contribution is 2.42. The second-order valence-corrected chi connectivity index (χ2v) is 9.92. The first-order valence-electron chi connectivity index (χ1n) is 11.7. The maximum Gasteiger partial charge on any atom is 0.163 e. The van der Waals surface area contributed by atoms with Gasteiger partial charge in [-0.3, -0.25) is 4.79 Å². The molecule has 0 radical (unpaired) electrons. The van der Waals surface area contributed by atoms with Crippen LogP contribution in [0.5, 0.6) is 0 Å². The van der Waals surface area contributed by atoms with Gasteiger partial charge in [-0.15, -0.1) is 11.3 Å². The van der Waals surface area contributed by atoms with Crippen molar-refractivity contribution in [1.82, 2.24) is 9.88 Å². The van der Waals surface area contributed by atoms with Gasteiger partial charge in [-0.2, -0.15) is 0 Å². The van der Waals surface area contributed by atoms with Gasteiger partial charge < -0.3 is 4.90 Å². The van der Waals surface area contributed by atoms with Gasteiger partial charge in [0.25, 0.3) is 0 Å². The van der Waals surface area contributed by atoms with Gasteiger partial charge in [0.2, 0.25) is 0 Å². The second-order valence-electron chi connectivity index (χ2n) is 8.86. The zero-order valence-corrected chi connectivity index (χ0v) is 20.0. The van der Waals surface area contributed by atoms with Crippen LogP contribution in [0.25, 0.3) is 28.5 Å². The molecule has 32 heavy (non-hydrogen) atoms. The van der Waals surface area contributed by atoms with E-state index >= 15 is 0 Å². The minimum Gasteiger partial charge on any atom is -0.304 e. The van der Waals surface area contributed by atoms with Crippen molar-refractivity contribution < 1.29 is 4.79 Å². The van der Waals surface area contributed by atoms with Gasteiger partial charge in [0.1, 0.15) is 0 Å². The number of rotatable bonds is 6. The average molecular weight is 443 g/mol. The van der Waals surface area contributed by atoms with Gasteiger partial charge in [-0.05, 0) is 73.2 Å². The number of benzene rings is 2. The van der Waals surface area contributed by atoms with Crippen LogP contribution in [-0.4, -0.2) is 35.3 Å². The Morgan fingerprint density at radius 2 is 1.91 bits per heavy atom. The van der Waals surface area contributed by atoms with Crippen LogP contribution in [0.1, 0.15) is 58.7 Å². The highest BCUT2D eigenvalue weighted by Gasteiger charge is 2.27. The summed E-state index contributed by atoms with van der Waals surface area (Å²) in [6.45, 7) is 9.78. The molecule has 0 amide bonds. The quantitative estimate of drug-likeness (QED) is 0.432. The number of nitrogens with zero attached hydrogens (tertiary/aromatic N) is 2. The van der Waals surface area contributed by atoms with Gasteiger partial charge in [0.15, 0.2) is 5.78 Å². The molecule has 0 spiro atoms. The third-order valence-corrected chi connectivity index (χ3v) is 7.74. The Labute approximate surface area is 194 Å². The number of hydrogen-bond donors (Lipinski definition) is 0. The Morgan fingerprint density at radius 1 is 1.06 bits per heavy atom. The standard InChI is InChI=1S/C28H30N2OS/c1-4-30(5-2)13-12-19-14-20-6-7-21(26-17-32-18(3)29-26)16-25(20)28-22(15-19)8-9-23-24(28)10-11-27(23)31/h6-9,15-17H,4-5,10-14H2,1-3H3. The molecule has 1 aromatic heterocycles. The molecule has 0 saturated carbocycles. The Balaban J connectivity index is 1.63. The first kappa shape index (κ1) is 21.3. The lowest BCUT2D eigenvalue weighted by atomic mass is 9.88. The minimum atomic E-state index is 0.283. The second kappa shape index (κ2) is 8.76. The fraction of sp³-hybridized carbons (Fsp3) is 0.357. The molecule has 0 fully saturated rings. The van der Waals surface area contributed by atoms with Crippen LogP contribution in [0.15, 0.2) is 41.3 Å². The van der Waals surface area contributed by atoms with Crippen molar-refractivity contribution in [3.8, 4) is 22.4 Å². The van der Waals surface area contributed by atoms with Crippen LogP contribution in [0, 0.1) is 6.92 Å². The summed E-state index contributed by atoms with van der Waals surface area (Å²) in [6.07, 6.45) is 5.91. The summed E-state index contributed by atoms with van der Waals surface area (Å²) in [5.41, 5.74) is 11.0. The molecule has 0 bridgehead atoms. The highest BCUT2D eigenvalue weighted by molar-refractivity contribution is 7.09. The average Bonchev–Trinajstić information content (AvgIpc) is 3.36. The number of carbonyl (C=O) groups is 1. The monoisotopic (exact) mass is 442 g/mol. The summed E-state index contributed by atoms with van der Waals surface area (Å²) < 4.78 is 0. The Hall–Kier alpha value is -2.56. The summed E-state index contributed by atoms with van der Waals surface area (Å²) in [7, 11) is 0. The highest BCUT2D eigenvalue weighted by atomic mass is 32.1. The molecule has 0 aliphatic heterocycles. The van der Waals surface area contributed by atoms with Crippen molar-refractivity contribution >= 4 is 23.2 Å². The zero-order chi connectivity index (χ0) is 22.2. The maximum absolute atomic E-state index is 12.5. The molecule has 2 aliphatic rings. The number of carbonyl (C=O) groups excluding carboxylic acids is 1. The summed E-state index contributed by atoms with van der Waals surface area (Å²) in [5.74, 6) is 0.283. The van der Waals surface area contributed by atoms with E-state index in [0.29, 0.717) is 6.42 Å². The number of fused-ring (bicyclic) bond motifs is 5. The number of hydrogen-bond acceptors (Lipinski definition) is 4. The normalized spacial score (nSPS) is 14.8. The van der Waals surface area contributed by atoms with Crippen LogP contribution >= 0.6 is 11.3 Å². The molecular weight excluding hydrogens is 412 g/mol. The van der Waals surface area contributed by atoms with E-state index in [2.05, 4.69) is 67.5 Å². The van der Waals surface area contributed by atoms with Gasteiger partial charge in [0.05, 0.1) is 10.7 Å². The smallest absolute Gasteiger partial charge is 0.163 e. The SMILES string of the molecule is CCN(CC)CCC1=Cc2ccc3c(c2-c2cc(-c4csc(C)n4)ccc2C1)CCC3=O.